The monoisotopic (exact) mass is 629 g/mol. The van der Waals surface area contributed by atoms with E-state index < -0.39 is 23.5 Å². The number of thioether (sulfide) groups is 1. The van der Waals surface area contributed by atoms with Crippen molar-refractivity contribution in [2.45, 2.75) is 29.5 Å². The summed E-state index contributed by atoms with van der Waals surface area (Å²) in [5, 5.41) is 20.9. The highest BCUT2D eigenvalue weighted by atomic mass is 35.5. The molecule has 0 bridgehead atoms. The van der Waals surface area contributed by atoms with Crippen molar-refractivity contribution in [1.29, 1.82) is 0 Å². The predicted octanol–water partition coefficient (Wildman–Crippen LogP) is 7.69. The molecule has 7 nitrogen and oxygen atoms in total. The summed E-state index contributed by atoms with van der Waals surface area (Å²) in [6.07, 6.45) is 0.837. The van der Waals surface area contributed by atoms with Crippen molar-refractivity contribution in [3.63, 3.8) is 0 Å². The van der Waals surface area contributed by atoms with Gasteiger partial charge in [-0.3, -0.25) is 14.5 Å². The lowest BCUT2D eigenvalue weighted by Gasteiger charge is -2.22. The number of halogens is 3. The Morgan fingerprint density at radius 1 is 1.07 bits per heavy atom. The SMILES string of the molecule is CCCOc1ccc(/C(O)=C2/C(=O)C(=O)N(c3nnc(SCc4ccc(Cl)cc4Cl)s3)C2c2ccc(F)cc2)cc1. The topological polar surface area (TPSA) is 92.6 Å². The number of hydrogen-bond acceptors (Lipinski definition) is 8. The van der Waals surface area contributed by atoms with Gasteiger partial charge in [0.1, 0.15) is 17.3 Å². The van der Waals surface area contributed by atoms with Gasteiger partial charge in [-0.15, -0.1) is 10.2 Å². The molecule has 0 spiro atoms. The zero-order valence-corrected chi connectivity index (χ0v) is 24.7. The molecule has 1 aromatic heterocycles. The first kappa shape index (κ1) is 29.1. The van der Waals surface area contributed by atoms with Crippen LogP contribution in [-0.4, -0.2) is 33.6 Å². The molecular formula is C29H22Cl2FN3O4S2. The Kier molecular flexibility index (Phi) is 8.94. The number of aliphatic hydroxyl groups excluding tert-OH is 1. The Morgan fingerprint density at radius 3 is 2.49 bits per heavy atom. The summed E-state index contributed by atoms with van der Waals surface area (Å²) in [6.45, 7) is 2.53. The molecule has 1 N–H and O–H groups in total. The molecule has 210 valence electrons. The van der Waals surface area contributed by atoms with Gasteiger partial charge in [-0.2, -0.15) is 0 Å². The molecule has 0 saturated carbocycles. The van der Waals surface area contributed by atoms with Gasteiger partial charge in [0.15, 0.2) is 4.34 Å². The molecule has 1 saturated heterocycles. The zero-order valence-electron chi connectivity index (χ0n) is 21.5. The number of benzene rings is 3. The quantitative estimate of drug-likeness (QED) is 0.0667. The Bertz CT molecular complexity index is 1630. The van der Waals surface area contributed by atoms with Crippen LogP contribution in [0.15, 0.2) is 76.6 Å². The van der Waals surface area contributed by atoms with Gasteiger partial charge in [-0.25, -0.2) is 4.39 Å². The van der Waals surface area contributed by atoms with Crippen LogP contribution in [0.25, 0.3) is 5.76 Å². The summed E-state index contributed by atoms with van der Waals surface area (Å²) >= 11 is 14.7. The zero-order chi connectivity index (χ0) is 29.1. The van der Waals surface area contributed by atoms with Crippen molar-refractivity contribution in [2.24, 2.45) is 0 Å². The summed E-state index contributed by atoms with van der Waals surface area (Å²) in [7, 11) is 0. The number of amides is 1. The molecule has 0 aliphatic carbocycles. The van der Waals surface area contributed by atoms with Crippen LogP contribution in [0.4, 0.5) is 9.52 Å². The second-order valence-electron chi connectivity index (χ2n) is 8.97. The standard InChI is InChI=1S/C29H22Cl2FN3O4S2/c1-2-13-39-21-11-6-17(7-12-21)25(36)23-24(16-4-9-20(32)10-5-16)35(27(38)26(23)37)28-33-34-29(41-28)40-15-18-3-8-19(30)14-22(18)31/h3-12,14,24,36H,2,13,15H2,1H3/b25-23-. The lowest BCUT2D eigenvalue weighted by molar-refractivity contribution is -0.132. The van der Waals surface area contributed by atoms with Crippen LogP contribution in [0.5, 0.6) is 5.75 Å². The predicted molar refractivity (Wildman–Crippen MR) is 159 cm³/mol. The van der Waals surface area contributed by atoms with Gasteiger partial charge >= 0.3 is 5.91 Å². The second kappa shape index (κ2) is 12.6. The van der Waals surface area contributed by atoms with E-state index in [9.17, 15) is 19.1 Å². The summed E-state index contributed by atoms with van der Waals surface area (Å²) in [5.41, 5.74) is 1.46. The molecular weight excluding hydrogens is 608 g/mol. The first-order valence-electron chi connectivity index (χ1n) is 12.5. The van der Waals surface area contributed by atoms with E-state index in [1.54, 1.807) is 36.4 Å². The summed E-state index contributed by atoms with van der Waals surface area (Å²) in [5.74, 6) is -1.53. The minimum absolute atomic E-state index is 0.138. The van der Waals surface area contributed by atoms with Crippen molar-refractivity contribution < 1.29 is 23.8 Å². The fraction of sp³-hybridized carbons (Fsp3) is 0.172. The molecule has 1 atom stereocenters. The van der Waals surface area contributed by atoms with E-state index in [0.29, 0.717) is 43.6 Å². The highest BCUT2D eigenvalue weighted by Gasteiger charge is 2.48. The van der Waals surface area contributed by atoms with E-state index in [1.165, 1.54) is 40.9 Å². The van der Waals surface area contributed by atoms with Gasteiger partial charge in [0, 0.05) is 21.4 Å². The van der Waals surface area contributed by atoms with Gasteiger partial charge in [0.25, 0.3) is 5.78 Å². The van der Waals surface area contributed by atoms with Crippen LogP contribution < -0.4 is 9.64 Å². The third kappa shape index (κ3) is 6.25. The molecule has 0 radical (unpaired) electrons. The minimum Gasteiger partial charge on any atom is -0.507 e. The number of Topliss-reactive ketones (excluding diaryl/α,β-unsaturated/α-hetero) is 1. The molecule has 3 aromatic carbocycles. The van der Waals surface area contributed by atoms with E-state index in [2.05, 4.69) is 10.2 Å². The smallest absolute Gasteiger partial charge is 0.301 e. The summed E-state index contributed by atoms with van der Waals surface area (Å²) in [4.78, 5) is 27.9. The number of anilines is 1. The number of hydrogen-bond donors (Lipinski definition) is 1. The molecule has 5 rings (SSSR count). The lowest BCUT2D eigenvalue weighted by Crippen LogP contribution is -2.29. The van der Waals surface area contributed by atoms with Gasteiger partial charge in [-0.1, -0.05) is 71.4 Å². The van der Waals surface area contributed by atoms with E-state index in [-0.39, 0.29) is 16.5 Å². The first-order chi connectivity index (χ1) is 19.8. The molecule has 1 aliphatic rings. The average molecular weight is 631 g/mol. The van der Waals surface area contributed by atoms with E-state index >= 15 is 0 Å². The summed E-state index contributed by atoms with van der Waals surface area (Å²) < 4.78 is 19.9. The number of carbonyl (C=O) groups excluding carboxylic acids is 2. The Labute approximate surface area is 253 Å². The van der Waals surface area contributed by atoms with Crippen LogP contribution >= 0.6 is 46.3 Å². The molecule has 4 aromatic rings. The van der Waals surface area contributed by atoms with E-state index in [4.69, 9.17) is 27.9 Å². The number of rotatable bonds is 9. The largest absolute Gasteiger partial charge is 0.507 e. The van der Waals surface area contributed by atoms with Crippen molar-refractivity contribution in [3.8, 4) is 5.75 Å². The highest BCUT2D eigenvalue weighted by molar-refractivity contribution is 8.00. The van der Waals surface area contributed by atoms with Gasteiger partial charge in [0.2, 0.25) is 5.13 Å². The number of ketones is 1. The van der Waals surface area contributed by atoms with E-state index in [0.717, 1.165) is 23.3 Å². The fourth-order valence-corrected chi connectivity index (χ4v) is 6.64. The van der Waals surface area contributed by atoms with Crippen LogP contribution in [0.2, 0.25) is 10.0 Å². The molecule has 1 aliphatic heterocycles. The van der Waals surface area contributed by atoms with Crippen molar-refractivity contribution in [3.05, 3.63) is 105 Å². The number of nitrogens with zero attached hydrogens (tertiary/aromatic N) is 3. The number of aliphatic hydroxyl groups is 1. The Balaban J connectivity index is 1.50. The van der Waals surface area contributed by atoms with Gasteiger partial charge in [-0.05, 0) is 66.1 Å². The molecule has 41 heavy (non-hydrogen) atoms. The van der Waals surface area contributed by atoms with Crippen LogP contribution in [0, 0.1) is 5.82 Å². The van der Waals surface area contributed by atoms with Crippen LogP contribution in [0.1, 0.15) is 36.1 Å². The first-order valence-corrected chi connectivity index (χ1v) is 15.0. The van der Waals surface area contributed by atoms with Gasteiger partial charge in [0.05, 0.1) is 18.2 Å². The number of ether oxygens (including phenoxy) is 1. The molecule has 2 heterocycles. The van der Waals surface area contributed by atoms with Crippen molar-refractivity contribution in [2.75, 3.05) is 11.5 Å². The number of aromatic nitrogens is 2. The maximum Gasteiger partial charge on any atom is 0.301 e. The Hall–Kier alpha value is -3.44. The fourth-order valence-electron chi connectivity index (χ4n) is 4.21. The lowest BCUT2D eigenvalue weighted by atomic mass is 9.95. The third-order valence-corrected chi connectivity index (χ3v) is 8.89. The van der Waals surface area contributed by atoms with Crippen molar-refractivity contribution in [1.82, 2.24) is 10.2 Å². The normalized spacial score (nSPS) is 16.4. The second-order valence-corrected chi connectivity index (χ2v) is 12.0. The van der Waals surface area contributed by atoms with Gasteiger partial charge < -0.3 is 9.84 Å². The molecule has 1 unspecified atom stereocenters. The average Bonchev–Trinajstić information content (AvgIpc) is 3.53. The highest BCUT2D eigenvalue weighted by Crippen LogP contribution is 2.44. The van der Waals surface area contributed by atoms with E-state index in [1.807, 2.05) is 13.0 Å². The maximum atomic E-state index is 13.8. The number of carbonyl (C=O) groups is 2. The maximum absolute atomic E-state index is 13.8. The molecule has 12 heteroatoms. The van der Waals surface area contributed by atoms with Crippen LogP contribution in [0.3, 0.4) is 0 Å². The molecule has 1 amide bonds. The molecule has 1 fully saturated rings. The third-order valence-electron chi connectivity index (χ3n) is 6.20. The van der Waals surface area contributed by atoms with Crippen molar-refractivity contribution >= 4 is 68.9 Å². The summed E-state index contributed by atoms with van der Waals surface area (Å²) in [6, 6.07) is 16.1. The minimum atomic E-state index is -1.05. The van der Waals surface area contributed by atoms with Crippen LogP contribution in [-0.2, 0) is 15.3 Å². The Morgan fingerprint density at radius 2 is 1.80 bits per heavy atom.